The van der Waals surface area contributed by atoms with E-state index in [9.17, 15) is 0 Å². The Bertz CT molecular complexity index is 3280. The number of fused-ring (bicyclic) bond motifs is 6. The summed E-state index contributed by atoms with van der Waals surface area (Å²) in [4.78, 5) is 5.11. The molecule has 0 amide bonds. The maximum atomic E-state index is 2.55. The Morgan fingerprint density at radius 1 is 0.317 bits per heavy atom. The molecule has 0 fully saturated rings. The summed E-state index contributed by atoms with van der Waals surface area (Å²) in [5, 5.41) is 10.1. The van der Waals surface area contributed by atoms with E-state index in [0.717, 1.165) is 38.8 Å². The second-order valence-corrected chi connectivity index (χ2v) is 16.6. The minimum Gasteiger partial charge on any atom is -0.341 e. The van der Waals surface area contributed by atoms with Gasteiger partial charge in [-0.1, -0.05) is 146 Å². The zero-order valence-corrected chi connectivity index (χ0v) is 33.6. The lowest BCUT2D eigenvalue weighted by Crippen LogP contribution is -2.24. The molecule has 2 heterocycles. The van der Waals surface area contributed by atoms with Gasteiger partial charge in [0.05, 0.1) is 0 Å². The summed E-state index contributed by atoms with van der Waals surface area (Å²) in [6, 6.07) is 73.1. The highest BCUT2D eigenvalue weighted by atomic mass is 15.1. The Kier molecular flexibility index (Phi) is 8.30. The monoisotopic (exact) mass is 768 g/mol. The van der Waals surface area contributed by atoms with E-state index >= 15 is 0 Å². The summed E-state index contributed by atoms with van der Waals surface area (Å²) in [5.74, 6) is 0. The van der Waals surface area contributed by atoms with Crippen molar-refractivity contribution in [3.63, 3.8) is 0 Å². The molecular formula is C58H44N2. The Balaban J connectivity index is 1.24. The molecule has 60 heavy (non-hydrogen) atoms. The number of aryl methyl sites for hydroxylation is 2. The van der Waals surface area contributed by atoms with Crippen molar-refractivity contribution in [2.45, 2.75) is 25.7 Å². The smallest absolute Gasteiger partial charge is 0.0443 e. The first-order chi connectivity index (χ1) is 29.8. The molecule has 2 nitrogen and oxygen atoms in total. The van der Waals surface area contributed by atoms with E-state index < -0.39 is 0 Å². The minimum atomic E-state index is 0.994. The molecule has 0 N–H and O–H groups in total. The Morgan fingerprint density at radius 2 is 0.817 bits per heavy atom. The molecule has 2 aliphatic rings. The number of hydrogen-bond donors (Lipinski definition) is 0. The Hall–Kier alpha value is -7.16. The van der Waals surface area contributed by atoms with Crippen LogP contribution in [0.4, 0.5) is 22.7 Å². The molecule has 0 aromatic heterocycles. The molecule has 10 aromatic rings. The van der Waals surface area contributed by atoms with E-state index in [4.69, 9.17) is 0 Å². The highest BCUT2D eigenvalue weighted by Gasteiger charge is 2.25. The molecule has 0 unspecified atom stereocenters. The molecule has 0 bridgehead atoms. The van der Waals surface area contributed by atoms with Gasteiger partial charge in [0, 0.05) is 35.8 Å². The largest absolute Gasteiger partial charge is 0.341 e. The van der Waals surface area contributed by atoms with Gasteiger partial charge in [0.15, 0.2) is 0 Å². The highest BCUT2D eigenvalue weighted by Crippen LogP contribution is 2.51. The van der Waals surface area contributed by atoms with Crippen molar-refractivity contribution in [1.29, 1.82) is 0 Å². The van der Waals surface area contributed by atoms with Crippen molar-refractivity contribution in [2.75, 3.05) is 22.9 Å². The number of para-hydroxylation sites is 2. The summed E-state index contributed by atoms with van der Waals surface area (Å²) < 4.78 is 0. The summed E-state index contributed by atoms with van der Waals surface area (Å²) in [5.41, 5.74) is 15.5. The number of benzene rings is 10. The van der Waals surface area contributed by atoms with Crippen LogP contribution >= 0.6 is 0 Å². The molecule has 0 saturated carbocycles. The van der Waals surface area contributed by atoms with Gasteiger partial charge in [-0.3, -0.25) is 0 Å². The van der Waals surface area contributed by atoms with Crippen LogP contribution in [-0.4, -0.2) is 13.1 Å². The summed E-state index contributed by atoms with van der Waals surface area (Å²) >= 11 is 0. The van der Waals surface area contributed by atoms with Crippen LogP contribution in [0.15, 0.2) is 194 Å². The predicted octanol–water partition coefficient (Wildman–Crippen LogP) is 15.5. The van der Waals surface area contributed by atoms with Gasteiger partial charge >= 0.3 is 0 Å². The van der Waals surface area contributed by atoms with Crippen LogP contribution < -0.4 is 9.80 Å². The van der Waals surface area contributed by atoms with Crippen molar-refractivity contribution < 1.29 is 0 Å². The normalized spacial score (nSPS) is 13.9. The summed E-state index contributed by atoms with van der Waals surface area (Å²) in [6.45, 7) is 1.99. The van der Waals surface area contributed by atoms with Crippen LogP contribution in [-0.2, 0) is 12.8 Å². The standard InChI is InChI=1S/C58H44N2/c1-2-15-40(16-3-1)51-35-43-20-4-5-21-44(43)36-52(51)58-50-32-30-45(59-33-13-23-41-18-7-10-27-55(41)59)37-53(50)57(48-26-12-22-39-17-6-9-25-47(39)48)49-31-29-46(38-54(49)58)60-34-14-24-42-19-8-11-28-56(42)60/h1-12,15-22,25-32,35-38H,13-14,23-24,33-34H2. The van der Waals surface area contributed by atoms with E-state index in [1.807, 2.05) is 0 Å². The average molecular weight is 769 g/mol. The summed E-state index contributed by atoms with van der Waals surface area (Å²) in [6.07, 6.45) is 4.49. The van der Waals surface area contributed by atoms with Crippen molar-refractivity contribution in [3.05, 3.63) is 205 Å². The van der Waals surface area contributed by atoms with E-state index in [1.54, 1.807) is 0 Å². The van der Waals surface area contributed by atoms with E-state index in [1.165, 1.54) is 110 Å². The van der Waals surface area contributed by atoms with Crippen LogP contribution in [0, 0.1) is 0 Å². The van der Waals surface area contributed by atoms with Gasteiger partial charge in [0.2, 0.25) is 0 Å². The van der Waals surface area contributed by atoms with Gasteiger partial charge in [-0.05, 0) is 162 Å². The van der Waals surface area contributed by atoms with Crippen molar-refractivity contribution in [1.82, 2.24) is 0 Å². The number of nitrogens with zero attached hydrogens (tertiary/aromatic N) is 2. The third-order valence-corrected chi connectivity index (χ3v) is 13.2. The molecule has 2 aliphatic heterocycles. The lowest BCUT2D eigenvalue weighted by Gasteiger charge is -2.33. The SMILES string of the molecule is c1ccc(-c2cc3ccccc3cc2-c2c3cc(N4CCCc5ccccc54)ccc3c(-c3cccc4ccccc34)c3cc(N4CCCc5ccccc54)ccc23)cc1. The predicted molar refractivity (Wildman–Crippen MR) is 256 cm³/mol. The molecule has 2 heteroatoms. The first kappa shape index (κ1) is 34.8. The lowest BCUT2D eigenvalue weighted by atomic mass is 9.81. The van der Waals surface area contributed by atoms with Crippen molar-refractivity contribution in [2.24, 2.45) is 0 Å². The molecule has 0 spiro atoms. The lowest BCUT2D eigenvalue weighted by molar-refractivity contribution is 0.767. The quantitative estimate of drug-likeness (QED) is 0.161. The van der Waals surface area contributed by atoms with Crippen molar-refractivity contribution >= 4 is 65.8 Å². The first-order valence-corrected chi connectivity index (χ1v) is 21.6. The van der Waals surface area contributed by atoms with Crippen molar-refractivity contribution in [3.8, 4) is 33.4 Å². The van der Waals surface area contributed by atoms with Crippen LogP contribution in [0.25, 0.3) is 76.5 Å². The fourth-order valence-electron chi connectivity index (χ4n) is 10.5. The van der Waals surface area contributed by atoms with Crippen LogP contribution in [0.2, 0.25) is 0 Å². The Labute approximate surface area is 351 Å². The van der Waals surface area contributed by atoms with Gasteiger partial charge in [-0.15, -0.1) is 0 Å². The molecule has 0 atom stereocenters. The second-order valence-electron chi connectivity index (χ2n) is 16.6. The van der Waals surface area contributed by atoms with E-state index in [2.05, 4.69) is 204 Å². The summed E-state index contributed by atoms with van der Waals surface area (Å²) in [7, 11) is 0. The topological polar surface area (TPSA) is 6.48 Å². The fourth-order valence-corrected chi connectivity index (χ4v) is 10.5. The first-order valence-electron chi connectivity index (χ1n) is 21.6. The number of rotatable bonds is 5. The third kappa shape index (κ3) is 5.70. The Morgan fingerprint density at radius 3 is 1.45 bits per heavy atom. The van der Waals surface area contributed by atoms with Crippen LogP contribution in [0.1, 0.15) is 24.0 Å². The molecule has 286 valence electrons. The highest BCUT2D eigenvalue weighted by molar-refractivity contribution is 6.25. The van der Waals surface area contributed by atoms with Gasteiger partial charge in [-0.2, -0.15) is 0 Å². The zero-order chi connectivity index (χ0) is 39.6. The van der Waals surface area contributed by atoms with E-state index in [-0.39, 0.29) is 0 Å². The maximum Gasteiger partial charge on any atom is 0.0443 e. The van der Waals surface area contributed by atoms with Gasteiger partial charge < -0.3 is 9.80 Å². The molecule has 10 aromatic carbocycles. The van der Waals surface area contributed by atoms with Gasteiger partial charge in [-0.25, -0.2) is 0 Å². The van der Waals surface area contributed by atoms with E-state index in [0.29, 0.717) is 0 Å². The minimum absolute atomic E-state index is 0.994. The average Bonchev–Trinajstić information content (AvgIpc) is 3.32. The van der Waals surface area contributed by atoms with Crippen LogP contribution in [0.5, 0.6) is 0 Å². The number of hydrogen-bond acceptors (Lipinski definition) is 2. The maximum absolute atomic E-state index is 2.55. The molecule has 12 rings (SSSR count). The molecule has 0 aliphatic carbocycles. The zero-order valence-electron chi connectivity index (χ0n) is 33.6. The molecular weight excluding hydrogens is 725 g/mol. The van der Waals surface area contributed by atoms with Gasteiger partial charge in [0.1, 0.15) is 0 Å². The van der Waals surface area contributed by atoms with Crippen LogP contribution in [0.3, 0.4) is 0 Å². The fraction of sp³-hybridized carbons (Fsp3) is 0.103. The number of anilines is 4. The molecule has 0 radical (unpaired) electrons. The van der Waals surface area contributed by atoms with Gasteiger partial charge in [0.25, 0.3) is 0 Å². The second kappa shape index (κ2) is 14.3. The third-order valence-electron chi connectivity index (χ3n) is 13.2. The molecule has 0 saturated heterocycles.